The van der Waals surface area contributed by atoms with Crippen molar-refractivity contribution in [1.29, 1.82) is 0 Å². The summed E-state index contributed by atoms with van der Waals surface area (Å²) in [5.74, 6) is 0.109. The number of carbonyl (C=O) groups is 3. The second-order valence-electron chi connectivity index (χ2n) is 17.8. The molecule has 13 nitrogen and oxygen atoms in total. The molecule has 2 unspecified atom stereocenters. The number of carbonyl (C=O) groups excluding carboxylic acids is 3. The molecule has 2 saturated carbocycles. The Morgan fingerprint density at radius 1 is 0.859 bits per heavy atom. The fourth-order valence-corrected chi connectivity index (χ4v) is 11.0. The first-order valence-electron chi connectivity index (χ1n) is 21.8. The quantitative estimate of drug-likeness (QED) is 0.0767. The van der Waals surface area contributed by atoms with Gasteiger partial charge in [-0.25, -0.2) is 14.3 Å². The first kappa shape index (κ1) is 44.3. The van der Waals surface area contributed by atoms with E-state index in [1.807, 2.05) is 87.5 Å². The molecular weight excluding hydrogens is 832 g/mol. The molecule has 334 valence electrons. The lowest BCUT2D eigenvalue weighted by Crippen LogP contribution is -2.58. The lowest BCUT2D eigenvalue weighted by Gasteiger charge is -2.36. The van der Waals surface area contributed by atoms with E-state index in [2.05, 4.69) is 17.2 Å². The van der Waals surface area contributed by atoms with E-state index in [4.69, 9.17) is 28.2 Å². The predicted octanol–water partition coefficient (Wildman–Crippen LogP) is 9.71. The van der Waals surface area contributed by atoms with E-state index in [9.17, 15) is 4.79 Å². The fraction of sp³-hybridized carbons (Fsp3) is 0.360. The molecule has 3 fully saturated rings. The van der Waals surface area contributed by atoms with Crippen LogP contribution >= 0.6 is 7.60 Å². The first-order chi connectivity index (χ1) is 30.8. The Morgan fingerprint density at radius 2 is 1.48 bits per heavy atom. The van der Waals surface area contributed by atoms with Crippen molar-refractivity contribution < 1.29 is 42.2 Å². The van der Waals surface area contributed by atoms with Gasteiger partial charge in [0.05, 0.1) is 24.9 Å². The lowest BCUT2D eigenvalue weighted by molar-refractivity contribution is -0.142. The molecule has 8 rings (SSSR count). The summed E-state index contributed by atoms with van der Waals surface area (Å²) in [6.07, 6.45) is 3.71. The maximum Gasteiger partial charge on any atom is 0.456 e. The third kappa shape index (κ3) is 9.45. The highest BCUT2D eigenvalue weighted by Crippen LogP contribution is 2.71. The average molecular weight is 887 g/mol. The van der Waals surface area contributed by atoms with Crippen molar-refractivity contribution in [3.63, 3.8) is 0 Å². The number of pyridine rings is 1. The zero-order valence-corrected chi connectivity index (χ0v) is 37.5. The van der Waals surface area contributed by atoms with Crippen molar-refractivity contribution in [2.75, 3.05) is 13.7 Å². The molecule has 0 bridgehead atoms. The Kier molecular flexibility index (Phi) is 12.7. The second kappa shape index (κ2) is 18.4. The van der Waals surface area contributed by atoms with Crippen LogP contribution in [0.2, 0.25) is 0 Å². The number of methoxy groups -OCH3 is 1. The van der Waals surface area contributed by atoms with Gasteiger partial charge in [-0.3, -0.25) is 9.59 Å². The van der Waals surface area contributed by atoms with Gasteiger partial charge in [-0.05, 0) is 73.9 Å². The van der Waals surface area contributed by atoms with Crippen LogP contribution < -0.4 is 29.2 Å². The minimum atomic E-state index is -4.31. The highest BCUT2D eigenvalue weighted by Gasteiger charge is 2.71. The number of nitrogens with one attached hydrogen (secondary N) is 2. The molecule has 14 heteroatoms. The van der Waals surface area contributed by atoms with Gasteiger partial charge < -0.3 is 38.8 Å². The van der Waals surface area contributed by atoms with Gasteiger partial charge in [0.25, 0.3) is 0 Å². The number of aromatic nitrogens is 1. The number of hydrogen-bond donors (Lipinski definition) is 2. The van der Waals surface area contributed by atoms with Crippen LogP contribution in [-0.2, 0) is 18.9 Å². The van der Waals surface area contributed by atoms with E-state index in [0.29, 0.717) is 28.1 Å². The Morgan fingerprint density at radius 3 is 2.06 bits per heavy atom. The molecule has 3 amide bonds. The van der Waals surface area contributed by atoms with Gasteiger partial charge in [-0.15, -0.1) is 6.58 Å². The summed E-state index contributed by atoms with van der Waals surface area (Å²) in [6.45, 7) is 9.52. The summed E-state index contributed by atoms with van der Waals surface area (Å²) in [4.78, 5) is 50.0. The third-order valence-electron chi connectivity index (χ3n) is 12.2. The summed E-state index contributed by atoms with van der Waals surface area (Å²) in [7, 11) is -2.72. The number of hydrogen-bond acceptors (Lipinski definition) is 10. The lowest BCUT2D eigenvalue weighted by atomic mass is 9.85. The molecule has 2 heterocycles. The molecule has 3 aliphatic rings. The number of likely N-dealkylation sites (tertiary alicyclic amines) is 1. The van der Waals surface area contributed by atoms with Crippen molar-refractivity contribution in [2.45, 2.75) is 88.9 Å². The number of amides is 3. The maximum atomic E-state index is 15.4. The Hall–Kier alpha value is -6.33. The molecule has 2 N–H and O–H groups in total. The second-order valence-corrected chi connectivity index (χ2v) is 19.9. The smallest absolute Gasteiger partial charge is 0.456 e. The van der Waals surface area contributed by atoms with Crippen molar-refractivity contribution in [2.24, 2.45) is 11.3 Å². The van der Waals surface area contributed by atoms with Gasteiger partial charge in [0.15, 0.2) is 5.28 Å². The standard InChI is InChI=1S/C50H55N4O9P/c1-6-34-31-50(34,64(58,62-36-22-12-8-13-23-36)63-37-24-14-9-15-25-37)53-46(55)43-29-39(32-54(43)47(56)45(49(2,3)4)52-48(57)61-35-20-16-17-21-35)60-44-30-41(33-18-10-7-11-19-33)51-42-28-38(59-5)26-27-40(42)44/h6-15,18-19,22-28,30,34-35,39,43,45H,1,16-17,20-21,29,31-32H2,2-5H3,(H,52,57)(H,53,55)/t34?,39-,43+,45-,50?/m1/s1. The maximum absolute atomic E-state index is 15.4. The number of fused-ring (bicyclic) bond motifs is 1. The monoisotopic (exact) mass is 886 g/mol. The SMILES string of the molecule is C=CC1CC1(NC(=O)[C@@H]1C[C@@H](Oc2cc(-c3ccccc3)nc3cc(OC)ccc23)CN1C(=O)[C@@H](NC(=O)OC1CCCC1)C(C)(C)C)P(=O)(Oc1ccccc1)Oc1ccccc1. The summed E-state index contributed by atoms with van der Waals surface area (Å²) in [5.41, 5.74) is 1.36. The van der Waals surface area contributed by atoms with E-state index >= 15 is 14.2 Å². The van der Waals surface area contributed by atoms with Crippen molar-refractivity contribution in [3.05, 3.63) is 128 Å². The van der Waals surface area contributed by atoms with Gasteiger partial charge in [-0.1, -0.05) is 93.6 Å². The van der Waals surface area contributed by atoms with Gasteiger partial charge in [0.2, 0.25) is 11.8 Å². The number of rotatable bonds is 15. The molecule has 5 aromatic rings. The third-order valence-corrected chi connectivity index (χ3v) is 14.7. The molecule has 1 aromatic heterocycles. The van der Waals surface area contributed by atoms with Gasteiger partial charge in [-0.2, -0.15) is 0 Å². The van der Waals surface area contributed by atoms with Crippen LogP contribution in [0.5, 0.6) is 23.0 Å². The molecule has 4 aromatic carbocycles. The summed E-state index contributed by atoms with van der Waals surface area (Å²) >= 11 is 0. The van der Waals surface area contributed by atoms with Crippen molar-refractivity contribution >= 4 is 36.4 Å². The zero-order valence-electron chi connectivity index (χ0n) is 36.6. The van der Waals surface area contributed by atoms with Crippen molar-refractivity contribution in [3.8, 4) is 34.3 Å². The van der Waals surface area contributed by atoms with Crippen molar-refractivity contribution in [1.82, 2.24) is 20.5 Å². The van der Waals surface area contributed by atoms with E-state index in [1.54, 1.807) is 61.7 Å². The average Bonchev–Trinajstić information content (AvgIpc) is 3.54. The van der Waals surface area contributed by atoms with E-state index in [-0.39, 0.29) is 37.0 Å². The molecule has 2 aliphatic carbocycles. The normalized spacial score (nSPS) is 21.4. The summed E-state index contributed by atoms with van der Waals surface area (Å²) in [5, 5.41) is 5.12. The number of para-hydroxylation sites is 2. The molecule has 0 spiro atoms. The van der Waals surface area contributed by atoms with E-state index in [0.717, 1.165) is 31.2 Å². The molecular formula is C50H55N4O9P. The van der Waals surface area contributed by atoms with Crippen LogP contribution in [0.4, 0.5) is 4.79 Å². The Balaban J connectivity index is 1.15. The molecule has 64 heavy (non-hydrogen) atoms. The minimum absolute atomic E-state index is 0.0138. The molecule has 1 saturated heterocycles. The molecule has 0 radical (unpaired) electrons. The van der Waals surface area contributed by atoms with Crippen LogP contribution in [0.1, 0.15) is 59.3 Å². The topological polar surface area (TPSA) is 155 Å². The predicted molar refractivity (Wildman–Crippen MR) is 244 cm³/mol. The van der Waals surface area contributed by atoms with Gasteiger partial charge >= 0.3 is 13.7 Å². The number of alkyl carbamates (subject to hydrolysis) is 1. The first-order valence-corrected chi connectivity index (χ1v) is 23.4. The molecule has 5 atom stereocenters. The van der Waals surface area contributed by atoms with Crippen LogP contribution in [-0.4, -0.2) is 71.0 Å². The molecule has 1 aliphatic heterocycles. The largest absolute Gasteiger partial charge is 0.497 e. The number of ether oxygens (including phenoxy) is 3. The number of nitrogens with zero attached hydrogens (tertiary/aromatic N) is 2. The Bertz CT molecular complexity index is 2490. The van der Waals surface area contributed by atoms with Crippen LogP contribution in [0.3, 0.4) is 0 Å². The summed E-state index contributed by atoms with van der Waals surface area (Å²) < 4.78 is 46.1. The van der Waals surface area contributed by atoms with Crippen LogP contribution in [0.25, 0.3) is 22.2 Å². The highest BCUT2D eigenvalue weighted by atomic mass is 31.2. The van der Waals surface area contributed by atoms with Crippen LogP contribution in [0.15, 0.2) is 128 Å². The summed E-state index contributed by atoms with van der Waals surface area (Å²) in [6, 6.07) is 32.1. The van der Waals surface area contributed by atoms with E-state index < -0.39 is 60.3 Å². The highest BCUT2D eigenvalue weighted by molar-refractivity contribution is 7.57. The fourth-order valence-electron chi connectivity index (χ4n) is 8.64. The van der Waals surface area contributed by atoms with Crippen LogP contribution in [0, 0.1) is 11.3 Å². The zero-order chi connectivity index (χ0) is 45.1. The minimum Gasteiger partial charge on any atom is -0.497 e. The van der Waals surface area contributed by atoms with E-state index in [1.165, 1.54) is 4.90 Å². The number of benzene rings is 4. The van der Waals surface area contributed by atoms with Gasteiger partial charge in [0, 0.05) is 35.4 Å². The van der Waals surface area contributed by atoms with Gasteiger partial charge in [0.1, 0.15) is 47.3 Å². The Labute approximate surface area is 374 Å².